The Morgan fingerprint density at radius 3 is 2.73 bits per heavy atom. The maximum atomic E-state index is 14.2. The number of anilines is 1. The largest absolute Gasteiger partial charge is 0.466 e. The molecule has 1 amide bonds. The maximum absolute atomic E-state index is 14.2. The molecule has 0 N–H and O–H groups in total. The lowest BCUT2D eigenvalue weighted by Crippen LogP contribution is -2.53. The molecular weight excluding hydrogens is 427 g/mol. The first-order valence-electron chi connectivity index (χ1n) is 10.8. The van der Waals surface area contributed by atoms with E-state index >= 15 is 0 Å². The van der Waals surface area contributed by atoms with Crippen molar-refractivity contribution >= 4 is 17.6 Å². The van der Waals surface area contributed by atoms with E-state index in [1.807, 2.05) is 6.07 Å². The number of hydrogen-bond acceptors (Lipinski definition) is 6. The first kappa shape index (κ1) is 21.0. The van der Waals surface area contributed by atoms with Gasteiger partial charge < -0.3 is 4.74 Å². The van der Waals surface area contributed by atoms with Crippen molar-refractivity contribution in [2.45, 2.75) is 38.3 Å². The van der Waals surface area contributed by atoms with Crippen molar-refractivity contribution < 1.29 is 18.7 Å². The van der Waals surface area contributed by atoms with Gasteiger partial charge in [-0.3, -0.25) is 19.3 Å². The van der Waals surface area contributed by atoms with Crippen LogP contribution in [0.15, 0.2) is 53.3 Å². The Bertz CT molecular complexity index is 1320. The maximum Gasteiger partial charge on any atom is 0.305 e. The van der Waals surface area contributed by atoms with Crippen LogP contribution in [0, 0.1) is 5.82 Å². The molecule has 0 aliphatic carbocycles. The van der Waals surface area contributed by atoms with Crippen molar-refractivity contribution in [1.29, 1.82) is 0 Å². The van der Waals surface area contributed by atoms with Crippen molar-refractivity contribution in [1.82, 2.24) is 14.8 Å². The third kappa shape index (κ3) is 3.31. The summed E-state index contributed by atoms with van der Waals surface area (Å²) in [5.74, 6) is -0.912. The highest BCUT2D eigenvalue weighted by atomic mass is 19.1. The van der Waals surface area contributed by atoms with Crippen molar-refractivity contribution in [2.24, 2.45) is 0 Å². The van der Waals surface area contributed by atoms with Crippen molar-refractivity contribution in [2.75, 3.05) is 11.5 Å². The third-order valence-electron chi connectivity index (χ3n) is 6.13. The van der Waals surface area contributed by atoms with Crippen molar-refractivity contribution in [3.63, 3.8) is 0 Å². The fourth-order valence-electron chi connectivity index (χ4n) is 4.71. The molecule has 0 spiro atoms. The molecule has 0 radical (unpaired) electrons. The van der Waals surface area contributed by atoms with Crippen LogP contribution in [0.4, 0.5) is 10.1 Å². The van der Waals surface area contributed by atoms with Crippen LogP contribution < -0.4 is 10.5 Å². The SMILES string of the molecule is CCOC(=O)CCC12CCC(=O)N1c1ccc(F)cc1-c1nc(=O)c(-c3ccccc3)nn12. The van der Waals surface area contributed by atoms with Gasteiger partial charge in [0.2, 0.25) is 5.91 Å². The molecule has 3 heterocycles. The van der Waals surface area contributed by atoms with Gasteiger partial charge in [-0.15, -0.1) is 0 Å². The van der Waals surface area contributed by atoms with E-state index in [-0.39, 0.29) is 43.3 Å². The number of benzene rings is 2. The van der Waals surface area contributed by atoms with Gasteiger partial charge in [-0.1, -0.05) is 30.3 Å². The van der Waals surface area contributed by atoms with E-state index < -0.39 is 23.0 Å². The molecule has 5 rings (SSSR count). The Balaban J connectivity index is 1.76. The molecule has 2 aliphatic rings. The zero-order valence-corrected chi connectivity index (χ0v) is 18.0. The molecule has 1 saturated heterocycles. The first-order valence-corrected chi connectivity index (χ1v) is 10.8. The van der Waals surface area contributed by atoms with Gasteiger partial charge in [0.25, 0.3) is 5.56 Å². The van der Waals surface area contributed by atoms with Crippen LogP contribution in [0.25, 0.3) is 22.6 Å². The van der Waals surface area contributed by atoms with Gasteiger partial charge in [0.1, 0.15) is 11.5 Å². The van der Waals surface area contributed by atoms with Gasteiger partial charge in [0.15, 0.2) is 11.5 Å². The molecular formula is C24H21FN4O4. The Morgan fingerprint density at radius 1 is 1.18 bits per heavy atom. The molecule has 2 aliphatic heterocycles. The summed E-state index contributed by atoms with van der Waals surface area (Å²) in [5, 5.41) is 4.66. The molecule has 1 fully saturated rings. The van der Waals surface area contributed by atoms with Crippen LogP contribution in [0.2, 0.25) is 0 Å². The molecule has 1 unspecified atom stereocenters. The minimum atomic E-state index is -1.06. The molecule has 2 aromatic carbocycles. The lowest BCUT2D eigenvalue weighted by atomic mass is 9.95. The second-order valence-electron chi connectivity index (χ2n) is 8.05. The van der Waals surface area contributed by atoms with Crippen LogP contribution in [-0.2, 0) is 20.0 Å². The average Bonchev–Trinajstić information content (AvgIpc) is 3.16. The predicted octanol–water partition coefficient (Wildman–Crippen LogP) is 3.25. The molecule has 1 atom stereocenters. The summed E-state index contributed by atoms with van der Waals surface area (Å²) in [4.78, 5) is 44.1. The van der Waals surface area contributed by atoms with E-state index in [2.05, 4.69) is 10.1 Å². The number of fused-ring (bicyclic) bond motifs is 6. The monoisotopic (exact) mass is 448 g/mol. The lowest BCUT2D eigenvalue weighted by molar-refractivity contribution is -0.143. The standard InChI is InChI=1S/C24H21FN4O4/c1-2-33-20(31)11-13-24-12-10-19(30)28(24)18-9-8-16(25)14-17(18)22-26-23(32)21(27-29(22)24)15-6-4-3-5-7-15/h3-9,14H,2,10-13H2,1H3. The number of amides is 1. The van der Waals surface area contributed by atoms with Crippen LogP contribution in [0.3, 0.4) is 0 Å². The highest BCUT2D eigenvalue weighted by molar-refractivity contribution is 6.01. The number of aromatic nitrogens is 3. The number of halogens is 1. The summed E-state index contributed by atoms with van der Waals surface area (Å²) in [6.45, 7) is 1.97. The topological polar surface area (TPSA) is 94.4 Å². The molecule has 0 saturated carbocycles. The summed E-state index contributed by atoms with van der Waals surface area (Å²) in [6, 6.07) is 12.9. The fraction of sp³-hybridized carbons (Fsp3) is 0.292. The normalized spacial score (nSPS) is 18.5. The Labute approximate surface area is 188 Å². The Morgan fingerprint density at radius 2 is 1.97 bits per heavy atom. The van der Waals surface area contributed by atoms with Gasteiger partial charge in [-0.25, -0.2) is 9.07 Å². The summed E-state index contributed by atoms with van der Waals surface area (Å²) in [5.41, 5.74) is -0.166. The fourth-order valence-corrected chi connectivity index (χ4v) is 4.71. The van der Waals surface area contributed by atoms with E-state index in [1.165, 1.54) is 22.9 Å². The number of carbonyl (C=O) groups excluding carboxylic acids is 2. The van der Waals surface area contributed by atoms with Crippen molar-refractivity contribution in [3.8, 4) is 22.6 Å². The van der Waals surface area contributed by atoms with Gasteiger partial charge in [-0.05, 0) is 25.1 Å². The molecule has 1 aromatic heterocycles. The highest BCUT2D eigenvalue weighted by Crippen LogP contribution is 2.50. The lowest BCUT2D eigenvalue weighted by Gasteiger charge is -2.44. The van der Waals surface area contributed by atoms with Crippen LogP contribution in [0.5, 0.6) is 0 Å². The van der Waals surface area contributed by atoms with Gasteiger partial charge in [0, 0.05) is 36.8 Å². The highest BCUT2D eigenvalue weighted by Gasteiger charge is 2.53. The van der Waals surface area contributed by atoms with E-state index in [0.29, 0.717) is 23.2 Å². The number of esters is 1. The quantitative estimate of drug-likeness (QED) is 0.556. The number of ether oxygens (including phenoxy) is 1. The predicted molar refractivity (Wildman–Crippen MR) is 118 cm³/mol. The second-order valence-corrected chi connectivity index (χ2v) is 8.05. The van der Waals surface area contributed by atoms with Gasteiger partial charge in [0.05, 0.1) is 12.3 Å². The zero-order chi connectivity index (χ0) is 23.2. The number of hydrogen-bond donors (Lipinski definition) is 0. The van der Waals surface area contributed by atoms with E-state index in [1.54, 1.807) is 36.1 Å². The molecule has 0 bridgehead atoms. The molecule has 8 nitrogen and oxygen atoms in total. The van der Waals surface area contributed by atoms with E-state index in [9.17, 15) is 18.8 Å². The molecule has 168 valence electrons. The van der Waals surface area contributed by atoms with E-state index in [4.69, 9.17) is 4.74 Å². The summed E-state index contributed by atoms with van der Waals surface area (Å²) >= 11 is 0. The molecule has 9 heteroatoms. The minimum Gasteiger partial charge on any atom is -0.466 e. The molecule has 3 aromatic rings. The van der Waals surface area contributed by atoms with Crippen molar-refractivity contribution in [3.05, 3.63) is 64.7 Å². The van der Waals surface area contributed by atoms with Gasteiger partial charge in [-0.2, -0.15) is 10.1 Å². The summed E-state index contributed by atoms with van der Waals surface area (Å²) in [6.07, 6.45) is 0.837. The number of carbonyl (C=O) groups is 2. The first-order chi connectivity index (χ1) is 15.9. The Kier molecular flexibility index (Phi) is 5.03. The minimum absolute atomic E-state index is 0.0437. The van der Waals surface area contributed by atoms with Crippen LogP contribution >= 0.6 is 0 Å². The smallest absolute Gasteiger partial charge is 0.305 e. The van der Waals surface area contributed by atoms with Gasteiger partial charge >= 0.3 is 5.97 Å². The summed E-state index contributed by atoms with van der Waals surface area (Å²) in [7, 11) is 0. The summed E-state index contributed by atoms with van der Waals surface area (Å²) < 4.78 is 20.8. The van der Waals surface area contributed by atoms with Crippen LogP contribution in [-0.4, -0.2) is 33.2 Å². The third-order valence-corrected chi connectivity index (χ3v) is 6.13. The number of nitrogens with zero attached hydrogens (tertiary/aromatic N) is 4. The molecule has 33 heavy (non-hydrogen) atoms. The number of rotatable bonds is 5. The average molecular weight is 448 g/mol. The van der Waals surface area contributed by atoms with Crippen LogP contribution in [0.1, 0.15) is 32.6 Å². The Hall–Kier alpha value is -3.88. The zero-order valence-electron chi connectivity index (χ0n) is 18.0. The van der Waals surface area contributed by atoms with E-state index in [0.717, 1.165) is 0 Å². The second kappa shape index (κ2) is 7.91.